The third kappa shape index (κ3) is 9.28. The Bertz CT molecular complexity index is 1240. The molecule has 0 unspecified atom stereocenters. The summed E-state index contributed by atoms with van der Waals surface area (Å²) >= 11 is 0. The Morgan fingerprint density at radius 1 is 0.733 bits per heavy atom. The minimum absolute atomic E-state index is 0.258. The molecule has 0 saturated carbocycles. The maximum absolute atomic E-state index is 10.7. The lowest BCUT2D eigenvalue weighted by atomic mass is 9.73. The molecular weight excluding hydrogens is 554 g/mol. The molecule has 0 aromatic heterocycles. The van der Waals surface area contributed by atoms with Crippen molar-refractivity contribution in [2.24, 2.45) is 16.7 Å². The largest absolute Gasteiger partial charge is 0.399 e. The van der Waals surface area contributed by atoms with Crippen LogP contribution >= 0.6 is 0 Å². The van der Waals surface area contributed by atoms with E-state index in [9.17, 15) is 4.79 Å². The van der Waals surface area contributed by atoms with Crippen molar-refractivity contribution < 1.29 is 4.79 Å². The molecule has 246 valence electrons. The maximum Gasteiger partial charge on any atom is 0.155 e. The minimum Gasteiger partial charge on any atom is -0.399 e. The summed E-state index contributed by atoms with van der Waals surface area (Å²) < 4.78 is 0. The third-order valence-electron chi connectivity index (χ3n) is 10.6. The predicted molar refractivity (Wildman–Crippen MR) is 192 cm³/mol. The normalized spacial score (nSPS) is 25.4. The van der Waals surface area contributed by atoms with Crippen LogP contribution in [0.2, 0.25) is 0 Å². The molecule has 2 bridgehead atoms. The van der Waals surface area contributed by atoms with Crippen LogP contribution in [0.15, 0.2) is 60.7 Å². The summed E-state index contributed by atoms with van der Waals surface area (Å²) in [6, 6.07) is 18.2. The fourth-order valence-corrected chi connectivity index (χ4v) is 7.78. The summed E-state index contributed by atoms with van der Waals surface area (Å²) in [7, 11) is 0. The minimum atomic E-state index is 0.258. The Morgan fingerprint density at radius 3 is 1.78 bits per heavy atom. The van der Waals surface area contributed by atoms with Gasteiger partial charge in [0.2, 0.25) is 0 Å². The molecule has 6 aliphatic rings. The highest BCUT2D eigenvalue weighted by Gasteiger charge is 2.43. The molecule has 2 atom stereocenters. The Morgan fingerprint density at radius 2 is 1.27 bits per heavy atom. The van der Waals surface area contributed by atoms with Crippen molar-refractivity contribution in [3.8, 4) is 0 Å². The van der Waals surface area contributed by atoms with Crippen molar-refractivity contribution in [1.29, 1.82) is 0 Å². The van der Waals surface area contributed by atoms with E-state index in [-0.39, 0.29) is 11.2 Å². The summed E-state index contributed by atoms with van der Waals surface area (Å²) in [4.78, 5) is 18.3. The van der Waals surface area contributed by atoms with Crippen molar-refractivity contribution in [3.63, 3.8) is 0 Å². The first-order valence-corrected chi connectivity index (χ1v) is 17.7. The van der Waals surface area contributed by atoms with E-state index >= 15 is 0 Å². The number of fused-ring (bicyclic) bond motifs is 4. The zero-order chi connectivity index (χ0) is 31.9. The first-order chi connectivity index (χ1) is 21.6. The number of carbonyl (C=O) groups is 1. The second kappa shape index (κ2) is 15.1. The van der Waals surface area contributed by atoms with Gasteiger partial charge in [0.05, 0.1) is 0 Å². The number of rotatable bonds is 3. The number of nitrogens with one attached hydrogen (secondary N) is 1. The van der Waals surface area contributed by atoms with Crippen LogP contribution < -0.4 is 25.8 Å². The van der Waals surface area contributed by atoms with Gasteiger partial charge in [-0.25, -0.2) is 0 Å². The number of allylic oxidation sites excluding steroid dienone is 2. The fraction of sp³-hybridized carbons (Fsp3) is 0.615. The molecule has 8 rings (SSSR count). The molecule has 6 nitrogen and oxygen atoms in total. The number of nitrogens with two attached hydrogens (primary N) is 1. The Kier molecular flexibility index (Phi) is 11.2. The van der Waals surface area contributed by atoms with Gasteiger partial charge in [-0.3, -0.25) is 4.79 Å². The van der Waals surface area contributed by atoms with E-state index in [1.165, 1.54) is 101 Å². The number of hydrogen-bond acceptors (Lipinski definition) is 6. The third-order valence-corrected chi connectivity index (χ3v) is 10.6. The molecule has 5 saturated heterocycles. The molecule has 6 heteroatoms. The van der Waals surface area contributed by atoms with E-state index in [0.29, 0.717) is 11.5 Å². The van der Waals surface area contributed by atoms with Crippen LogP contribution in [-0.2, 0) is 4.79 Å². The van der Waals surface area contributed by atoms with Gasteiger partial charge in [0.25, 0.3) is 0 Å². The molecule has 0 radical (unpaired) electrons. The van der Waals surface area contributed by atoms with Gasteiger partial charge in [0.15, 0.2) is 5.78 Å². The molecule has 0 spiro atoms. The zero-order valence-electron chi connectivity index (χ0n) is 28.6. The first-order valence-electron chi connectivity index (χ1n) is 17.7. The topological polar surface area (TPSA) is 64.8 Å². The summed E-state index contributed by atoms with van der Waals surface area (Å²) in [5.41, 5.74) is 11.3. The average Bonchev–Trinajstić information content (AvgIpc) is 3.35. The predicted octanol–water partition coefficient (Wildman–Crippen LogP) is 7.69. The summed E-state index contributed by atoms with van der Waals surface area (Å²) in [5, 5.41) is 3.68. The van der Waals surface area contributed by atoms with Crippen LogP contribution in [0, 0.1) is 16.7 Å². The standard InChI is InChI=1S/C20H31N3.C11H16N2.C8H12O/c1-20(2)12-16-13-21-14-19(20)23(15-16)18-8-6-17(7-9-18)22-10-4-3-5-11-22;12-10-4-6-11(7-5-10)13-8-2-1-3-9-13;1-8(2)5-3-7(9)4-6-8/h6-9,16,19,21H,3-5,10-15H2,1-2H3;4-7H,1-3,8-9,12H2;3,5H,4,6H2,1-2H3/t16-,19-;;/m1../s1. The number of carbonyl (C=O) groups excluding carboxylic acids is 1. The number of benzene rings is 2. The van der Waals surface area contributed by atoms with E-state index in [4.69, 9.17) is 5.73 Å². The number of hydrogen-bond donors (Lipinski definition) is 2. The SMILES string of the molecule is CC1(C)C=CC(=O)CC1.CC1(C)C[C@@H]2CNC[C@H]1N(c1ccc(N3CCCCC3)cc1)C2.Nc1ccc(N2CCCCC2)cc1. The lowest BCUT2D eigenvalue weighted by molar-refractivity contribution is -0.115. The molecule has 5 heterocycles. The van der Waals surface area contributed by atoms with Gasteiger partial charge in [-0.2, -0.15) is 0 Å². The van der Waals surface area contributed by atoms with Crippen molar-refractivity contribution in [2.75, 3.05) is 66.2 Å². The Hall–Kier alpha value is -2.99. The van der Waals surface area contributed by atoms with E-state index in [0.717, 1.165) is 31.0 Å². The molecule has 1 aliphatic carbocycles. The number of piperidine rings is 3. The quantitative estimate of drug-likeness (QED) is 0.346. The van der Waals surface area contributed by atoms with Crippen molar-refractivity contribution in [1.82, 2.24) is 5.32 Å². The Labute approximate surface area is 273 Å². The molecule has 0 amide bonds. The maximum atomic E-state index is 10.7. The van der Waals surface area contributed by atoms with Crippen LogP contribution in [0.25, 0.3) is 0 Å². The first kappa shape index (κ1) is 33.4. The summed E-state index contributed by atoms with van der Waals surface area (Å²) in [6.45, 7) is 17.6. The van der Waals surface area contributed by atoms with Crippen LogP contribution in [0.3, 0.4) is 0 Å². The van der Waals surface area contributed by atoms with Gasteiger partial charge < -0.3 is 25.8 Å². The number of ketones is 1. The highest BCUT2D eigenvalue weighted by Crippen LogP contribution is 2.41. The van der Waals surface area contributed by atoms with Crippen LogP contribution in [0.5, 0.6) is 0 Å². The second-order valence-electron chi connectivity index (χ2n) is 15.4. The number of anilines is 4. The van der Waals surface area contributed by atoms with E-state index in [1.54, 1.807) is 6.08 Å². The molecule has 5 aliphatic heterocycles. The highest BCUT2D eigenvalue weighted by atomic mass is 16.1. The lowest BCUT2D eigenvalue weighted by Gasteiger charge is -2.48. The smallest absolute Gasteiger partial charge is 0.155 e. The second-order valence-corrected chi connectivity index (χ2v) is 15.4. The molecule has 5 fully saturated rings. The van der Waals surface area contributed by atoms with Crippen molar-refractivity contribution in [2.45, 2.75) is 91.5 Å². The monoisotopic (exact) mass is 613 g/mol. The van der Waals surface area contributed by atoms with E-state index in [1.807, 2.05) is 18.2 Å². The fourth-order valence-electron chi connectivity index (χ4n) is 7.78. The van der Waals surface area contributed by atoms with Crippen LogP contribution in [0.1, 0.15) is 85.5 Å². The average molecular weight is 614 g/mol. The van der Waals surface area contributed by atoms with Gasteiger partial charge in [-0.05, 0) is 129 Å². The number of nitrogen functional groups attached to an aromatic ring is 1. The summed E-state index contributed by atoms with van der Waals surface area (Å²) in [5.74, 6) is 1.06. The molecule has 2 aromatic rings. The van der Waals surface area contributed by atoms with Crippen molar-refractivity contribution >= 4 is 28.5 Å². The van der Waals surface area contributed by atoms with Crippen LogP contribution in [-0.4, -0.2) is 57.6 Å². The lowest BCUT2D eigenvalue weighted by Crippen LogP contribution is -2.53. The molecule has 2 aromatic carbocycles. The van der Waals surface area contributed by atoms with Gasteiger partial charge >= 0.3 is 0 Å². The van der Waals surface area contributed by atoms with Gasteiger partial charge in [-0.1, -0.05) is 33.8 Å². The van der Waals surface area contributed by atoms with Gasteiger partial charge in [0.1, 0.15) is 0 Å². The van der Waals surface area contributed by atoms with Gasteiger partial charge in [-0.15, -0.1) is 0 Å². The highest BCUT2D eigenvalue weighted by molar-refractivity contribution is 5.90. The van der Waals surface area contributed by atoms with E-state index in [2.05, 4.69) is 84.1 Å². The number of nitrogens with zero attached hydrogens (tertiary/aromatic N) is 3. The molecule has 45 heavy (non-hydrogen) atoms. The Balaban J connectivity index is 0.000000153. The van der Waals surface area contributed by atoms with Crippen LogP contribution in [0.4, 0.5) is 22.7 Å². The van der Waals surface area contributed by atoms with Crippen molar-refractivity contribution in [3.05, 3.63) is 60.7 Å². The zero-order valence-corrected chi connectivity index (χ0v) is 28.6. The summed E-state index contributed by atoms with van der Waals surface area (Å²) in [6.07, 6.45) is 14.9. The molecular formula is C39H59N5O. The molecule has 3 N–H and O–H groups in total. The van der Waals surface area contributed by atoms with Gasteiger partial charge in [0, 0.05) is 74.5 Å². The van der Waals surface area contributed by atoms with E-state index < -0.39 is 0 Å².